The molecule has 0 saturated carbocycles. The van der Waals surface area contributed by atoms with Crippen molar-refractivity contribution in [2.45, 2.75) is 12.7 Å². The highest BCUT2D eigenvalue weighted by Gasteiger charge is 2.29. The van der Waals surface area contributed by atoms with Gasteiger partial charge in [-0.15, -0.1) is 0 Å². The van der Waals surface area contributed by atoms with E-state index in [0.29, 0.717) is 17.0 Å². The number of carbonyl (C=O) groups excluding carboxylic acids is 1. The minimum atomic E-state index is -4.42. The van der Waals surface area contributed by atoms with E-state index >= 15 is 0 Å². The lowest BCUT2D eigenvalue weighted by molar-refractivity contribution is -0.138. The van der Waals surface area contributed by atoms with Gasteiger partial charge in [0.2, 0.25) is 5.91 Å². The van der Waals surface area contributed by atoms with E-state index in [4.69, 9.17) is 9.84 Å². The van der Waals surface area contributed by atoms with E-state index in [1.807, 2.05) is 0 Å². The van der Waals surface area contributed by atoms with Crippen LogP contribution in [0.5, 0.6) is 5.75 Å². The Labute approximate surface area is 159 Å². The SMILES string of the molecule is COc1ccc(N(CC(=O)O)CC(=O)NCc2ccc(C(F)(F)F)cc2)cc1. The molecule has 0 saturated heterocycles. The Morgan fingerprint density at radius 1 is 1.04 bits per heavy atom. The van der Waals surface area contributed by atoms with Crippen LogP contribution in [0.4, 0.5) is 18.9 Å². The van der Waals surface area contributed by atoms with Gasteiger partial charge in [0.15, 0.2) is 0 Å². The second-order valence-corrected chi connectivity index (χ2v) is 5.92. The zero-order chi connectivity index (χ0) is 20.7. The van der Waals surface area contributed by atoms with Crippen LogP contribution in [0, 0.1) is 0 Å². The maximum atomic E-state index is 12.6. The van der Waals surface area contributed by atoms with Gasteiger partial charge in [-0.3, -0.25) is 9.59 Å². The summed E-state index contributed by atoms with van der Waals surface area (Å²) in [5.74, 6) is -0.978. The van der Waals surface area contributed by atoms with Crippen LogP contribution in [0.3, 0.4) is 0 Å². The average molecular weight is 396 g/mol. The first-order chi connectivity index (χ1) is 13.2. The Bertz CT molecular complexity index is 805. The van der Waals surface area contributed by atoms with Crippen molar-refractivity contribution in [3.05, 3.63) is 59.7 Å². The van der Waals surface area contributed by atoms with Crippen LogP contribution in [0.25, 0.3) is 0 Å². The van der Waals surface area contributed by atoms with E-state index in [2.05, 4.69) is 5.32 Å². The normalized spacial score (nSPS) is 11.0. The number of alkyl halides is 3. The number of amides is 1. The summed E-state index contributed by atoms with van der Waals surface area (Å²) in [7, 11) is 1.50. The number of aliphatic carboxylic acids is 1. The van der Waals surface area contributed by atoms with Crippen molar-refractivity contribution in [2.75, 3.05) is 25.1 Å². The minimum Gasteiger partial charge on any atom is -0.497 e. The first kappa shape index (κ1) is 21.1. The number of carboxylic acid groups (broad SMARTS) is 1. The summed E-state index contributed by atoms with van der Waals surface area (Å²) in [6, 6.07) is 11.0. The second-order valence-electron chi connectivity index (χ2n) is 5.92. The molecule has 0 aliphatic rings. The van der Waals surface area contributed by atoms with Crippen molar-refractivity contribution in [3.8, 4) is 5.75 Å². The smallest absolute Gasteiger partial charge is 0.416 e. The van der Waals surface area contributed by atoms with Crippen molar-refractivity contribution in [2.24, 2.45) is 0 Å². The van der Waals surface area contributed by atoms with Gasteiger partial charge in [-0.05, 0) is 42.0 Å². The predicted molar refractivity (Wildman–Crippen MR) is 96.1 cm³/mol. The molecular weight excluding hydrogens is 377 g/mol. The Morgan fingerprint density at radius 2 is 1.64 bits per heavy atom. The first-order valence-corrected chi connectivity index (χ1v) is 8.22. The van der Waals surface area contributed by atoms with Gasteiger partial charge in [0.1, 0.15) is 12.3 Å². The first-order valence-electron chi connectivity index (χ1n) is 8.22. The second kappa shape index (κ2) is 9.12. The lowest BCUT2D eigenvalue weighted by Crippen LogP contribution is -2.39. The molecule has 2 rings (SSSR count). The Balaban J connectivity index is 1.98. The zero-order valence-corrected chi connectivity index (χ0v) is 15.0. The van der Waals surface area contributed by atoms with Gasteiger partial charge in [-0.1, -0.05) is 12.1 Å². The number of halogens is 3. The Morgan fingerprint density at radius 3 is 2.14 bits per heavy atom. The minimum absolute atomic E-state index is 0.0283. The van der Waals surface area contributed by atoms with E-state index in [9.17, 15) is 22.8 Å². The van der Waals surface area contributed by atoms with Gasteiger partial charge in [0.05, 0.1) is 19.2 Å². The number of nitrogens with zero attached hydrogens (tertiary/aromatic N) is 1. The number of hydrogen-bond acceptors (Lipinski definition) is 4. The number of ether oxygens (including phenoxy) is 1. The molecule has 28 heavy (non-hydrogen) atoms. The Hall–Kier alpha value is -3.23. The quantitative estimate of drug-likeness (QED) is 0.717. The summed E-state index contributed by atoms with van der Waals surface area (Å²) in [6.07, 6.45) is -4.42. The highest BCUT2D eigenvalue weighted by molar-refractivity contribution is 5.84. The number of rotatable bonds is 8. The van der Waals surface area contributed by atoms with Crippen LogP contribution in [-0.2, 0) is 22.3 Å². The lowest BCUT2D eigenvalue weighted by atomic mass is 10.1. The number of nitrogens with one attached hydrogen (secondary N) is 1. The van der Waals surface area contributed by atoms with Gasteiger partial charge in [-0.25, -0.2) is 0 Å². The van der Waals surface area contributed by atoms with Crippen LogP contribution >= 0.6 is 0 Å². The molecule has 150 valence electrons. The molecule has 0 unspecified atom stereocenters. The van der Waals surface area contributed by atoms with Crippen molar-refractivity contribution in [1.29, 1.82) is 0 Å². The molecule has 1 amide bonds. The predicted octanol–water partition coefficient (Wildman–Crippen LogP) is 2.92. The van der Waals surface area contributed by atoms with Crippen LogP contribution in [0.1, 0.15) is 11.1 Å². The fraction of sp³-hybridized carbons (Fsp3) is 0.263. The number of carbonyl (C=O) groups is 2. The standard InChI is InChI=1S/C19H19F3N2O4/c1-28-16-8-6-15(7-9-16)24(12-18(26)27)11-17(25)23-10-13-2-4-14(5-3-13)19(20,21)22/h2-9H,10-12H2,1H3,(H,23,25)(H,26,27). The molecular formula is C19H19F3N2O4. The maximum Gasteiger partial charge on any atom is 0.416 e. The molecule has 0 aliphatic carbocycles. The highest BCUT2D eigenvalue weighted by Crippen LogP contribution is 2.29. The third kappa shape index (κ3) is 6.19. The van der Waals surface area contributed by atoms with E-state index in [0.717, 1.165) is 12.1 Å². The Kier molecular flexibility index (Phi) is 6.86. The van der Waals surface area contributed by atoms with E-state index in [1.54, 1.807) is 24.3 Å². The number of anilines is 1. The highest BCUT2D eigenvalue weighted by atomic mass is 19.4. The van der Waals surface area contributed by atoms with Crippen molar-refractivity contribution < 1.29 is 32.6 Å². The van der Waals surface area contributed by atoms with Gasteiger partial charge >= 0.3 is 12.1 Å². The number of methoxy groups -OCH3 is 1. The monoisotopic (exact) mass is 396 g/mol. The van der Waals surface area contributed by atoms with Crippen LogP contribution in [-0.4, -0.2) is 37.2 Å². The molecule has 0 spiro atoms. The zero-order valence-electron chi connectivity index (χ0n) is 15.0. The van der Waals surface area contributed by atoms with Gasteiger partial charge in [0.25, 0.3) is 0 Å². The topological polar surface area (TPSA) is 78.9 Å². The molecule has 2 N–H and O–H groups in total. The molecule has 0 aromatic heterocycles. The molecule has 0 radical (unpaired) electrons. The van der Waals surface area contributed by atoms with Crippen LogP contribution < -0.4 is 15.0 Å². The fourth-order valence-corrected chi connectivity index (χ4v) is 2.44. The molecule has 2 aromatic carbocycles. The van der Waals surface area contributed by atoms with E-state index in [-0.39, 0.29) is 19.6 Å². The fourth-order valence-electron chi connectivity index (χ4n) is 2.44. The molecule has 2 aromatic rings. The summed E-state index contributed by atoms with van der Waals surface area (Å²) in [4.78, 5) is 24.6. The summed E-state index contributed by atoms with van der Waals surface area (Å²) >= 11 is 0. The lowest BCUT2D eigenvalue weighted by Gasteiger charge is -2.22. The number of benzene rings is 2. The summed E-state index contributed by atoms with van der Waals surface area (Å²) in [5.41, 5.74) is 0.248. The van der Waals surface area contributed by atoms with Gasteiger partial charge in [0, 0.05) is 12.2 Å². The maximum absolute atomic E-state index is 12.6. The van der Waals surface area contributed by atoms with E-state index in [1.165, 1.54) is 24.1 Å². The molecule has 9 heteroatoms. The van der Waals surface area contributed by atoms with Crippen LogP contribution in [0.15, 0.2) is 48.5 Å². The van der Waals surface area contributed by atoms with Gasteiger partial charge < -0.3 is 20.1 Å². The molecule has 0 bridgehead atoms. The van der Waals surface area contributed by atoms with Crippen LogP contribution in [0.2, 0.25) is 0 Å². The molecule has 0 fully saturated rings. The van der Waals surface area contributed by atoms with E-state index < -0.39 is 23.6 Å². The summed E-state index contributed by atoms with van der Waals surface area (Å²) in [6.45, 7) is -0.584. The largest absolute Gasteiger partial charge is 0.497 e. The number of hydrogen-bond donors (Lipinski definition) is 2. The average Bonchev–Trinajstić information content (AvgIpc) is 2.65. The number of carboxylic acids is 1. The third-order valence-electron chi connectivity index (χ3n) is 3.87. The molecule has 0 aliphatic heterocycles. The molecule has 6 nitrogen and oxygen atoms in total. The third-order valence-corrected chi connectivity index (χ3v) is 3.87. The van der Waals surface area contributed by atoms with Gasteiger partial charge in [-0.2, -0.15) is 13.2 Å². The summed E-state index contributed by atoms with van der Waals surface area (Å²) in [5, 5.41) is 11.6. The van der Waals surface area contributed by atoms with Crippen molar-refractivity contribution in [3.63, 3.8) is 0 Å². The molecule has 0 heterocycles. The summed E-state index contributed by atoms with van der Waals surface area (Å²) < 4.78 is 42.7. The molecule has 0 atom stereocenters. The van der Waals surface area contributed by atoms with Crippen molar-refractivity contribution >= 4 is 17.6 Å². The van der Waals surface area contributed by atoms with Crippen molar-refractivity contribution in [1.82, 2.24) is 5.32 Å².